The van der Waals surface area contributed by atoms with E-state index in [4.69, 9.17) is 4.98 Å². The summed E-state index contributed by atoms with van der Waals surface area (Å²) in [7, 11) is 1.56. The van der Waals surface area contributed by atoms with Crippen LogP contribution in [0.5, 0.6) is 0 Å². The molecule has 0 bridgehead atoms. The number of fused-ring (bicyclic) bond motifs is 3. The van der Waals surface area contributed by atoms with Crippen molar-refractivity contribution in [2.24, 2.45) is 7.05 Å². The molecular weight excluding hydrogens is 418 g/mol. The first kappa shape index (κ1) is 20.7. The van der Waals surface area contributed by atoms with Crippen LogP contribution in [0, 0.1) is 6.92 Å². The van der Waals surface area contributed by atoms with Crippen molar-refractivity contribution in [2.75, 3.05) is 0 Å². The molecule has 0 amide bonds. The number of aryl methyl sites for hydroxylation is 2. The fourth-order valence-corrected chi connectivity index (χ4v) is 4.22. The average molecular weight is 441 g/mol. The summed E-state index contributed by atoms with van der Waals surface area (Å²) in [6.07, 6.45) is 1.86. The van der Waals surface area contributed by atoms with Crippen LogP contribution in [0.3, 0.4) is 0 Å². The van der Waals surface area contributed by atoms with E-state index in [9.17, 15) is 14.4 Å². The molecule has 0 saturated heterocycles. The molecule has 166 valence electrons. The van der Waals surface area contributed by atoms with Gasteiger partial charge in [0.1, 0.15) is 0 Å². The Morgan fingerprint density at radius 2 is 1.76 bits per heavy atom. The van der Waals surface area contributed by atoms with E-state index in [1.165, 1.54) is 11.5 Å². The molecule has 0 aliphatic rings. The van der Waals surface area contributed by atoms with Crippen molar-refractivity contribution in [3.05, 3.63) is 87.2 Å². The highest BCUT2D eigenvalue weighted by Gasteiger charge is 2.25. The Balaban J connectivity index is 1.96. The molecule has 0 spiro atoms. The smallest absolute Gasteiger partial charge is 0.298 e. The number of nitrogens with zero attached hydrogens (tertiary/aromatic N) is 5. The lowest BCUT2D eigenvalue weighted by molar-refractivity contribution is -0.119. The van der Waals surface area contributed by atoms with Gasteiger partial charge in [0.2, 0.25) is 5.78 Å². The highest BCUT2D eigenvalue weighted by molar-refractivity contribution is 5.82. The lowest BCUT2D eigenvalue weighted by Gasteiger charge is -2.12. The van der Waals surface area contributed by atoms with Crippen LogP contribution >= 0.6 is 0 Å². The predicted octanol–water partition coefficient (Wildman–Crippen LogP) is 3.26. The lowest BCUT2D eigenvalue weighted by atomic mass is 10.1. The fraction of sp³-hybridized carbons (Fsp3) is 0.200. The van der Waals surface area contributed by atoms with Crippen molar-refractivity contribution in [1.82, 2.24) is 23.1 Å². The van der Waals surface area contributed by atoms with Crippen molar-refractivity contribution < 1.29 is 4.79 Å². The highest BCUT2D eigenvalue weighted by Crippen LogP contribution is 2.29. The van der Waals surface area contributed by atoms with Crippen LogP contribution in [0.25, 0.3) is 33.9 Å². The zero-order valence-corrected chi connectivity index (χ0v) is 18.8. The summed E-state index contributed by atoms with van der Waals surface area (Å²) in [5.74, 6) is 0.242. The number of hydrogen-bond acceptors (Lipinski definition) is 4. The molecule has 33 heavy (non-hydrogen) atoms. The Kier molecular flexibility index (Phi) is 4.67. The highest BCUT2D eigenvalue weighted by atomic mass is 16.2. The van der Waals surface area contributed by atoms with Gasteiger partial charge in [-0.2, -0.15) is 4.98 Å². The summed E-state index contributed by atoms with van der Waals surface area (Å²) < 4.78 is 6.02. The van der Waals surface area contributed by atoms with Crippen molar-refractivity contribution in [3.8, 4) is 16.9 Å². The monoisotopic (exact) mass is 441 g/mol. The molecule has 0 aliphatic carbocycles. The van der Waals surface area contributed by atoms with Gasteiger partial charge in [0.25, 0.3) is 5.56 Å². The van der Waals surface area contributed by atoms with Crippen LogP contribution in [-0.4, -0.2) is 28.9 Å². The number of hydrogen-bond donors (Lipinski definition) is 0. The number of Topliss-reactive ketones (excluding diaryl/α,β-unsaturated/α-hetero) is 1. The Morgan fingerprint density at radius 3 is 2.42 bits per heavy atom. The van der Waals surface area contributed by atoms with E-state index in [1.54, 1.807) is 18.4 Å². The standard InChI is InChI=1S/C25H23N5O3/c1-15-9-8-12-19(13-15)30-20(18-10-6-5-7-11-18)14-28-21-22(26-24(28)30)27(4)25(33)29(23(21)32)16(2)17(3)31/h5-14,16H,1-4H3. The topological polar surface area (TPSA) is 83.3 Å². The molecule has 1 unspecified atom stereocenters. The molecule has 5 rings (SSSR count). The van der Waals surface area contributed by atoms with Crippen LogP contribution in [0.1, 0.15) is 25.5 Å². The summed E-state index contributed by atoms with van der Waals surface area (Å²) in [4.78, 5) is 43.2. The van der Waals surface area contributed by atoms with Gasteiger partial charge >= 0.3 is 5.69 Å². The first-order valence-electron chi connectivity index (χ1n) is 10.7. The van der Waals surface area contributed by atoms with Gasteiger partial charge in [0.05, 0.1) is 11.7 Å². The molecule has 3 heterocycles. The lowest BCUT2D eigenvalue weighted by Crippen LogP contribution is -2.42. The Hall–Kier alpha value is -4.20. The van der Waals surface area contributed by atoms with E-state index in [1.807, 2.05) is 72.3 Å². The van der Waals surface area contributed by atoms with Crippen molar-refractivity contribution in [1.29, 1.82) is 0 Å². The number of carbonyl (C=O) groups is 1. The van der Waals surface area contributed by atoms with Crippen LogP contribution in [-0.2, 0) is 11.8 Å². The Bertz CT molecular complexity index is 1670. The van der Waals surface area contributed by atoms with Gasteiger partial charge in [-0.05, 0) is 38.5 Å². The van der Waals surface area contributed by atoms with Gasteiger partial charge in [0, 0.05) is 24.5 Å². The molecule has 0 N–H and O–H groups in total. The number of ketones is 1. The Morgan fingerprint density at radius 1 is 1.03 bits per heavy atom. The minimum absolute atomic E-state index is 0.254. The number of aromatic nitrogens is 5. The number of rotatable bonds is 4. The van der Waals surface area contributed by atoms with E-state index >= 15 is 0 Å². The van der Waals surface area contributed by atoms with Crippen LogP contribution in [0.4, 0.5) is 0 Å². The third-order valence-electron chi connectivity index (χ3n) is 6.10. The number of imidazole rings is 2. The minimum atomic E-state index is -0.876. The first-order chi connectivity index (χ1) is 15.8. The molecule has 5 aromatic rings. The normalized spacial score (nSPS) is 12.5. The van der Waals surface area contributed by atoms with Crippen molar-refractivity contribution in [3.63, 3.8) is 0 Å². The molecule has 0 radical (unpaired) electrons. The maximum Gasteiger partial charge on any atom is 0.333 e. The third-order valence-corrected chi connectivity index (χ3v) is 6.10. The van der Waals surface area contributed by atoms with Crippen LogP contribution in [0.2, 0.25) is 0 Å². The van der Waals surface area contributed by atoms with Gasteiger partial charge < -0.3 is 0 Å². The van der Waals surface area contributed by atoms with Gasteiger partial charge in [-0.1, -0.05) is 42.5 Å². The summed E-state index contributed by atoms with van der Waals surface area (Å²) in [5, 5.41) is 0. The molecular formula is C25H23N5O3. The quantitative estimate of drug-likeness (QED) is 0.429. The van der Waals surface area contributed by atoms with Gasteiger partial charge in [-0.25, -0.2) is 9.36 Å². The fourth-order valence-electron chi connectivity index (χ4n) is 4.22. The SMILES string of the molecule is CC(=O)C(C)n1c(=O)c2c(nc3n(-c4cccc(C)c4)c(-c4ccccc4)cn23)n(C)c1=O. The zero-order chi connectivity index (χ0) is 23.4. The molecule has 8 nitrogen and oxygen atoms in total. The minimum Gasteiger partial charge on any atom is -0.298 e. The first-order valence-corrected chi connectivity index (χ1v) is 10.7. The van der Waals surface area contributed by atoms with Gasteiger partial charge in [0.15, 0.2) is 16.9 Å². The second kappa shape index (κ2) is 7.44. The maximum atomic E-state index is 13.5. The van der Waals surface area contributed by atoms with E-state index in [0.29, 0.717) is 5.78 Å². The maximum absolute atomic E-state index is 13.5. The predicted molar refractivity (Wildman–Crippen MR) is 127 cm³/mol. The number of carbonyl (C=O) groups excluding carboxylic acids is 1. The van der Waals surface area contributed by atoms with Crippen LogP contribution < -0.4 is 11.2 Å². The third kappa shape index (κ3) is 3.06. The average Bonchev–Trinajstić information content (AvgIpc) is 3.34. The summed E-state index contributed by atoms with van der Waals surface area (Å²) in [6.45, 7) is 4.94. The molecule has 3 aromatic heterocycles. The second-order valence-electron chi connectivity index (χ2n) is 8.31. The number of benzene rings is 2. The van der Waals surface area contributed by atoms with Crippen LogP contribution in [0.15, 0.2) is 70.4 Å². The largest absolute Gasteiger partial charge is 0.333 e. The zero-order valence-electron chi connectivity index (χ0n) is 18.8. The molecule has 0 saturated carbocycles. The summed E-state index contributed by atoms with van der Waals surface area (Å²) >= 11 is 0. The van der Waals surface area contributed by atoms with E-state index < -0.39 is 17.3 Å². The second-order valence-corrected chi connectivity index (χ2v) is 8.31. The molecule has 0 aliphatic heterocycles. The Labute approximate surface area is 189 Å². The molecule has 2 aromatic carbocycles. The molecule has 8 heteroatoms. The molecule has 0 fully saturated rings. The van der Waals surface area contributed by atoms with E-state index in [-0.39, 0.29) is 16.9 Å². The van der Waals surface area contributed by atoms with Gasteiger partial charge in [-0.15, -0.1) is 0 Å². The summed E-state index contributed by atoms with van der Waals surface area (Å²) in [6, 6.07) is 17.0. The summed E-state index contributed by atoms with van der Waals surface area (Å²) in [5.41, 5.74) is 3.20. The van der Waals surface area contributed by atoms with E-state index in [2.05, 4.69) is 0 Å². The van der Waals surface area contributed by atoms with Crippen molar-refractivity contribution in [2.45, 2.75) is 26.8 Å². The van der Waals surface area contributed by atoms with Gasteiger partial charge in [-0.3, -0.25) is 23.1 Å². The van der Waals surface area contributed by atoms with Crippen molar-refractivity contribution >= 4 is 22.7 Å². The molecule has 1 atom stereocenters. The van der Waals surface area contributed by atoms with E-state index in [0.717, 1.165) is 27.1 Å².